The van der Waals surface area contributed by atoms with Gasteiger partial charge in [-0.2, -0.15) is 0 Å². The number of hydrogen-bond donors (Lipinski definition) is 0. The third-order valence-electron chi connectivity index (χ3n) is 4.86. The van der Waals surface area contributed by atoms with Crippen LogP contribution in [0.3, 0.4) is 0 Å². The first-order valence-corrected chi connectivity index (χ1v) is 12.5. The van der Waals surface area contributed by atoms with E-state index in [2.05, 4.69) is 35.3 Å². The Balaban J connectivity index is 1.67. The van der Waals surface area contributed by atoms with E-state index in [1.807, 2.05) is 47.9 Å². The van der Waals surface area contributed by atoms with Crippen molar-refractivity contribution < 1.29 is 8.42 Å². The number of hydrogen-bond acceptors (Lipinski definition) is 5. The van der Waals surface area contributed by atoms with E-state index in [1.54, 1.807) is 36.0 Å². The smallest absolute Gasteiger partial charge is 0.196 e. The van der Waals surface area contributed by atoms with E-state index >= 15 is 0 Å². The molecule has 1 heterocycles. The molecule has 0 aliphatic heterocycles. The minimum atomic E-state index is -3.55. The molecule has 4 rings (SSSR count). The summed E-state index contributed by atoms with van der Waals surface area (Å²) in [5.74, 6) is 0.902. The average molecular weight is 450 g/mol. The molecule has 3 aromatic carbocycles. The Hall–Kier alpha value is -2.90. The molecule has 0 unspecified atom stereocenters. The molecule has 7 heteroatoms. The molecular formula is C24H23N3O2S2. The Morgan fingerprint density at radius 1 is 0.839 bits per heavy atom. The lowest BCUT2D eigenvalue weighted by atomic mass is 10.2. The average Bonchev–Trinajstić information content (AvgIpc) is 3.15. The number of rotatable bonds is 7. The molecule has 0 atom stereocenters. The van der Waals surface area contributed by atoms with Crippen LogP contribution < -0.4 is 0 Å². The Labute approximate surface area is 187 Å². The Morgan fingerprint density at radius 3 is 2.29 bits per heavy atom. The first-order valence-electron chi connectivity index (χ1n) is 9.90. The van der Waals surface area contributed by atoms with E-state index in [4.69, 9.17) is 0 Å². The highest BCUT2D eigenvalue weighted by molar-refractivity contribution is 7.98. The van der Waals surface area contributed by atoms with Crippen LogP contribution in [-0.4, -0.2) is 23.2 Å². The Bertz CT molecular complexity index is 1280. The van der Waals surface area contributed by atoms with E-state index in [0.29, 0.717) is 11.0 Å². The van der Waals surface area contributed by atoms with E-state index in [9.17, 15) is 8.42 Å². The summed E-state index contributed by atoms with van der Waals surface area (Å²) in [6.07, 6.45) is 0. The van der Waals surface area contributed by atoms with Crippen molar-refractivity contribution in [3.8, 4) is 5.69 Å². The maximum Gasteiger partial charge on any atom is 0.196 e. The molecule has 4 aromatic rings. The second-order valence-electron chi connectivity index (χ2n) is 7.42. The predicted octanol–water partition coefficient (Wildman–Crippen LogP) is 5.15. The van der Waals surface area contributed by atoms with Gasteiger partial charge in [0, 0.05) is 11.4 Å². The minimum absolute atomic E-state index is 0.219. The van der Waals surface area contributed by atoms with Crippen molar-refractivity contribution in [2.75, 3.05) is 0 Å². The van der Waals surface area contributed by atoms with Gasteiger partial charge >= 0.3 is 0 Å². The van der Waals surface area contributed by atoms with Gasteiger partial charge in [0.25, 0.3) is 0 Å². The number of nitrogens with zero attached hydrogens (tertiary/aromatic N) is 3. The number of thioether (sulfide) groups is 1. The monoisotopic (exact) mass is 449 g/mol. The van der Waals surface area contributed by atoms with E-state index in [-0.39, 0.29) is 10.6 Å². The lowest BCUT2D eigenvalue weighted by Gasteiger charge is -2.11. The molecule has 158 valence electrons. The van der Waals surface area contributed by atoms with Gasteiger partial charge in [0.15, 0.2) is 20.8 Å². The molecule has 0 aliphatic carbocycles. The fourth-order valence-electron chi connectivity index (χ4n) is 3.27. The van der Waals surface area contributed by atoms with Gasteiger partial charge in [-0.05, 0) is 43.7 Å². The largest absolute Gasteiger partial charge is 0.273 e. The summed E-state index contributed by atoms with van der Waals surface area (Å²) in [4.78, 5) is 0.287. The minimum Gasteiger partial charge on any atom is -0.273 e. The van der Waals surface area contributed by atoms with Crippen LogP contribution in [0, 0.1) is 13.8 Å². The molecule has 0 bridgehead atoms. The van der Waals surface area contributed by atoms with Crippen LogP contribution in [0.1, 0.15) is 22.5 Å². The van der Waals surface area contributed by atoms with Crippen molar-refractivity contribution in [1.29, 1.82) is 0 Å². The molecule has 0 spiro atoms. The van der Waals surface area contributed by atoms with Gasteiger partial charge in [-0.1, -0.05) is 77.5 Å². The summed E-state index contributed by atoms with van der Waals surface area (Å²) >= 11 is 1.54. The second kappa shape index (κ2) is 9.08. The van der Waals surface area contributed by atoms with Crippen molar-refractivity contribution >= 4 is 21.6 Å². The van der Waals surface area contributed by atoms with E-state index in [0.717, 1.165) is 17.0 Å². The van der Waals surface area contributed by atoms with Crippen LogP contribution >= 0.6 is 11.8 Å². The Kier molecular flexibility index (Phi) is 6.25. The summed E-state index contributed by atoms with van der Waals surface area (Å²) in [5, 5.41) is 9.27. The summed E-state index contributed by atoms with van der Waals surface area (Å²) in [6.45, 7) is 3.99. The molecule has 0 saturated heterocycles. The fourth-order valence-corrected chi connectivity index (χ4v) is 5.43. The standard InChI is InChI=1S/C24H23N3O2S2/c1-18-11-13-22(14-12-18)31(28,29)17-23-25-26-24(27(23)21-9-4-3-5-10-21)30-16-20-8-6-7-19(2)15-20/h3-15H,16-17H2,1-2H3. The molecule has 0 amide bonds. The van der Waals surface area contributed by atoms with Gasteiger partial charge in [-0.25, -0.2) is 8.42 Å². The summed E-state index contributed by atoms with van der Waals surface area (Å²) in [5.41, 5.74) is 4.24. The van der Waals surface area contributed by atoms with Crippen molar-refractivity contribution in [3.63, 3.8) is 0 Å². The van der Waals surface area contributed by atoms with Crippen LogP contribution in [0.4, 0.5) is 0 Å². The van der Waals surface area contributed by atoms with Crippen molar-refractivity contribution in [3.05, 3.63) is 101 Å². The van der Waals surface area contributed by atoms with Gasteiger partial charge in [0.05, 0.1) is 4.90 Å². The van der Waals surface area contributed by atoms with Crippen molar-refractivity contribution in [2.24, 2.45) is 0 Å². The van der Waals surface area contributed by atoms with Crippen molar-refractivity contribution in [1.82, 2.24) is 14.8 Å². The molecule has 0 N–H and O–H groups in total. The maximum atomic E-state index is 13.0. The first-order chi connectivity index (χ1) is 14.9. The van der Waals surface area contributed by atoms with Crippen LogP contribution in [0.15, 0.2) is 88.9 Å². The summed E-state index contributed by atoms with van der Waals surface area (Å²) in [7, 11) is -3.55. The molecule has 5 nitrogen and oxygen atoms in total. The first kappa shape index (κ1) is 21.3. The molecule has 1 aromatic heterocycles. The molecule has 31 heavy (non-hydrogen) atoms. The van der Waals surface area contributed by atoms with Gasteiger partial charge < -0.3 is 0 Å². The van der Waals surface area contributed by atoms with Gasteiger partial charge in [-0.3, -0.25) is 4.57 Å². The second-order valence-corrected chi connectivity index (χ2v) is 10.4. The maximum absolute atomic E-state index is 13.0. The lowest BCUT2D eigenvalue weighted by molar-refractivity contribution is 0.593. The summed E-state index contributed by atoms with van der Waals surface area (Å²) < 4.78 is 27.9. The lowest BCUT2D eigenvalue weighted by Crippen LogP contribution is -2.11. The van der Waals surface area contributed by atoms with Crippen LogP contribution in [0.25, 0.3) is 5.69 Å². The van der Waals surface area contributed by atoms with Gasteiger partial charge in [0.2, 0.25) is 0 Å². The Morgan fingerprint density at radius 2 is 1.58 bits per heavy atom. The molecule has 0 fully saturated rings. The molecule has 0 aliphatic rings. The quantitative estimate of drug-likeness (QED) is 0.365. The SMILES string of the molecule is Cc1ccc(S(=O)(=O)Cc2nnc(SCc3cccc(C)c3)n2-c2ccccc2)cc1. The van der Waals surface area contributed by atoms with Crippen LogP contribution in [0.2, 0.25) is 0 Å². The third kappa shape index (κ3) is 5.06. The van der Waals surface area contributed by atoms with Gasteiger partial charge in [-0.15, -0.1) is 10.2 Å². The van der Waals surface area contributed by atoms with E-state index in [1.165, 1.54) is 11.1 Å². The third-order valence-corrected chi connectivity index (χ3v) is 7.49. The highest BCUT2D eigenvalue weighted by Gasteiger charge is 2.22. The highest BCUT2D eigenvalue weighted by atomic mass is 32.2. The number of para-hydroxylation sites is 1. The number of aromatic nitrogens is 3. The zero-order valence-electron chi connectivity index (χ0n) is 17.4. The fraction of sp³-hybridized carbons (Fsp3) is 0.167. The van der Waals surface area contributed by atoms with E-state index < -0.39 is 9.84 Å². The predicted molar refractivity (Wildman–Crippen MR) is 124 cm³/mol. The number of sulfone groups is 1. The molecule has 0 saturated carbocycles. The van der Waals surface area contributed by atoms with Crippen molar-refractivity contribution in [2.45, 2.75) is 35.4 Å². The normalized spacial score (nSPS) is 11.5. The molecular weight excluding hydrogens is 426 g/mol. The van der Waals surface area contributed by atoms with Crippen LogP contribution in [0.5, 0.6) is 0 Å². The van der Waals surface area contributed by atoms with Crippen LogP contribution in [-0.2, 0) is 21.3 Å². The molecule has 0 radical (unpaired) electrons. The highest BCUT2D eigenvalue weighted by Crippen LogP contribution is 2.27. The zero-order valence-corrected chi connectivity index (χ0v) is 19.0. The summed E-state index contributed by atoms with van der Waals surface area (Å²) in [6, 6.07) is 24.8. The zero-order chi connectivity index (χ0) is 21.8. The topological polar surface area (TPSA) is 64.8 Å². The van der Waals surface area contributed by atoms with Gasteiger partial charge in [0.1, 0.15) is 5.75 Å². The number of aryl methyl sites for hydroxylation is 2. The number of benzene rings is 3.